The lowest BCUT2D eigenvalue weighted by Gasteiger charge is -2.04. The zero-order valence-electron chi connectivity index (χ0n) is 15.4. The summed E-state index contributed by atoms with van der Waals surface area (Å²) >= 11 is 7.12. The van der Waals surface area contributed by atoms with Crippen LogP contribution < -0.4 is 9.54 Å². The van der Waals surface area contributed by atoms with Gasteiger partial charge >= 0.3 is 0 Å². The van der Waals surface area contributed by atoms with Crippen LogP contribution in [0.5, 0.6) is 5.75 Å². The number of methoxy groups -OCH3 is 1. The molecule has 9 heteroatoms. The number of rotatable bonds is 6. The Bertz CT molecular complexity index is 1180. The predicted octanol–water partition coefficient (Wildman–Crippen LogP) is 3.68. The van der Waals surface area contributed by atoms with E-state index < -0.39 is 21.5 Å². The molecule has 0 radical (unpaired) electrons. The molecular weight excluding hydrogens is 420 g/mol. The first-order valence-electron chi connectivity index (χ1n) is 8.57. The second-order valence-corrected chi connectivity index (χ2v) is 9.52. The molecule has 0 saturated heterocycles. The number of aromatic nitrogens is 1. The van der Waals surface area contributed by atoms with Crippen LogP contribution in [0.1, 0.15) is 13.3 Å². The van der Waals surface area contributed by atoms with Crippen LogP contribution in [0.15, 0.2) is 52.4 Å². The highest BCUT2D eigenvalue weighted by molar-refractivity contribution is 7.92. The van der Waals surface area contributed by atoms with E-state index in [0.29, 0.717) is 22.1 Å². The van der Waals surface area contributed by atoms with Crippen molar-refractivity contribution < 1.29 is 17.9 Å². The number of benzene rings is 2. The highest BCUT2D eigenvalue weighted by Gasteiger charge is 2.19. The highest BCUT2D eigenvalue weighted by Crippen LogP contribution is 2.23. The molecule has 3 rings (SSSR count). The number of aryl methyl sites for hydroxylation is 1. The molecular formula is C19H19ClN2O4S2. The normalized spacial score (nSPS) is 12.5. The average molecular weight is 439 g/mol. The number of sulfone groups is 1. The third-order valence-electron chi connectivity index (χ3n) is 4.04. The molecule has 0 aliphatic carbocycles. The van der Waals surface area contributed by atoms with Crippen molar-refractivity contribution in [2.24, 2.45) is 4.99 Å². The summed E-state index contributed by atoms with van der Waals surface area (Å²) in [4.78, 5) is 17.0. The summed E-state index contributed by atoms with van der Waals surface area (Å²) in [5, 5.41) is 0.427. The van der Waals surface area contributed by atoms with Gasteiger partial charge in [-0.15, -0.1) is 0 Å². The average Bonchev–Trinajstić information content (AvgIpc) is 2.98. The van der Waals surface area contributed by atoms with E-state index in [1.54, 1.807) is 7.11 Å². The fourth-order valence-electron chi connectivity index (χ4n) is 2.73. The number of hydrogen-bond donors (Lipinski definition) is 0. The molecule has 1 aromatic heterocycles. The van der Waals surface area contributed by atoms with Crippen molar-refractivity contribution in [3.8, 4) is 5.75 Å². The minimum Gasteiger partial charge on any atom is -0.497 e. The maximum Gasteiger partial charge on any atom is 0.263 e. The quantitative estimate of drug-likeness (QED) is 0.588. The molecule has 0 atom stereocenters. The van der Waals surface area contributed by atoms with E-state index in [2.05, 4.69) is 4.99 Å². The zero-order valence-corrected chi connectivity index (χ0v) is 17.8. The van der Waals surface area contributed by atoms with Crippen molar-refractivity contribution >= 4 is 48.9 Å². The summed E-state index contributed by atoms with van der Waals surface area (Å²) < 4.78 is 33.0. The summed E-state index contributed by atoms with van der Waals surface area (Å²) in [6.45, 7) is 2.69. The fraction of sp³-hybridized carbons (Fsp3) is 0.263. The lowest BCUT2D eigenvalue weighted by Crippen LogP contribution is -2.21. The molecule has 0 spiro atoms. The van der Waals surface area contributed by atoms with Gasteiger partial charge in [-0.3, -0.25) is 4.79 Å². The first-order valence-corrected chi connectivity index (χ1v) is 11.4. The van der Waals surface area contributed by atoms with Crippen molar-refractivity contribution in [1.82, 2.24) is 4.57 Å². The van der Waals surface area contributed by atoms with Gasteiger partial charge in [-0.1, -0.05) is 29.9 Å². The molecule has 0 aliphatic rings. The summed E-state index contributed by atoms with van der Waals surface area (Å²) in [6, 6.07) is 11.4. The fourth-order valence-corrected chi connectivity index (χ4v) is 5.07. The summed E-state index contributed by atoms with van der Waals surface area (Å²) in [6.07, 6.45) is 0.850. The van der Waals surface area contributed by atoms with Crippen molar-refractivity contribution in [1.29, 1.82) is 0 Å². The van der Waals surface area contributed by atoms with E-state index in [1.165, 1.54) is 35.6 Å². The molecule has 2 aromatic carbocycles. The SMILES string of the molecule is CCCn1c(=NC(=O)CS(=O)(=O)c2ccc(Cl)cc2)sc2cc(OC)ccc21. The Labute approximate surface area is 172 Å². The Morgan fingerprint density at radius 2 is 1.93 bits per heavy atom. The van der Waals surface area contributed by atoms with Crippen LogP contribution in [0.2, 0.25) is 5.02 Å². The minimum atomic E-state index is -3.79. The number of amides is 1. The van der Waals surface area contributed by atoms with Crippen molar-refractivity contribution in [2.45, 2.75) is 24.8 Å². The monoisotopic (exact) mass is 438 g/mol. The Balaban J connectivity index is 1.97. The third-order valence-corrected chi connectivity index (χ3v) is 6.95. The summed E-state index contributed by atoms with van der Waals surface area (Å²) in [7, 11) is -2.20. The van der Waals surface area contributed by atoms with E-state index in [1.807, 2.05) is 29.7 Å². The third kappa shape index (κ3) is 4.45. The van der Waals surface area contributed by atoms with Gasteiger partial charge < -0.3 is 9.30 Å². The Morgan fingerprint density at radius 3 is 2.57 bits per heavy atom. The van der Waals surface area contributed by atoms with Crippen LogP contribution in [0, 0.1) is 0 Å². The van der Waals surface area contributed by atoms with E-state index >= 15 is 0 Å². The molecule has 0 fully saturated rings. The number of fused-ring (bicyclic) bond motifs is 1. The van der Waals surface area contributed by atoms with Gasteiger partial charge in [-0.25, -0.2) is 8.42 Å². The van der Waals surface area contributed by atoms with Crippen LogP contribution in [0.3, 0.4) is 0 Å². The predicted molar refractivity (Wildman–Crippen MR) is 111 cm³/mol. The molecule has 28 heavy (non-hydrogen) atoms. The van der Waals surface area contributed by atoms with Crippen LogP contribution in [-0.4, -0.2) is 31.8 Å². The smallest absolute Gasteiger partial charge is 0.263 e. The second-order valence-electron chi connectivity index (χ2n) is 6.09. The maximum absolute atomic E-state index is 12.5. The highest BCUT2D eigenvalue weighted by atomic mass is 35.5. The van der Waals surface area contributed by atoms with Gasteiger partial charge in [0.2, 0.25) is 0 Å². The number of ether oxygens (including phenoxy) is 1. The van der Waals surface area contributed by atoms with Gasteiger partial charge in [0.25, 0.3) is 5.91 Å². The van der Waals surface area contributed by atoms with E-state index in [-0.39, 0.29) is 4.90 Å². The zero-order chi connectivity index (χ0) is 20.3. The topological polar surface area (TPSA) is 77.7 Å². The molecule has 0 aliphatic heterocycles. The van der Waals surface area contributed by atoms with Gasteiger partial charge in [-0.2, -0.15) is 4.99 Å². The van der Waals surface area contributed by atoms with Crippen LogP contribution in [-0.2, 0) is 21.2 Å². The Morgan fingerprint density at radius 1 is 1.21 bits per heavy atom. The maximum atomic E-state index is 12.5. The number of carbonyl (C=O) groups excluding carboxylic acids is 1. The number of nitrogens with zero attached hydrogens (tertiary/aromatic N) is 2. The van der Waals surface area contributed by atoms with Gasteiger partial charge in [-0.05, 0) is 48.9 Å². The van der Waals surface area contributed by atoms with Crippen molar-refractivity contribution in [3.05, 3.63) is 52.3 Å². The van der Waals surface area contributed by atoms with Crippen LogP contribution >= 0.6 is 22.9 Å². The van der Waals surface area contributed by atoms with Crippen molar-refractivity contribution in [2.75, 3.05) is 12.9 Å². The molecule has 0 N–H and O–H groups in total. The number of thiazole rings is 1. The van der Waals surface area contributed by atoms with Crippen LogP contribution in [0.4, 0.5) is 0 Å². The number of hydrogen-bond acceptors (Lipinski definition) is 5. The molecule has 0 bridgehead atoms. The molecule has 1 heterocycles. The van der Waals surface area contributed by atoms with Gasteiger partial charge in [0.05, 0.1) is 22.2 Å². The number of carbonyl (C=O) groups is 1. The first-order chi connectivity index (χ1) is 13.3. The summed E-state index contributed by atoms with van der Waals surface area (Å²) in [5.74, 6) is -0.697. The van der Waals surface area contributed by atoms with E-state index in [4.69, 9.17) is 16.3 Å². The van der Waals surface area contributed by atoms with Crippen LogP contribution in [0.25, 0.3) is 10.2 Å². The van der Waals surface area contributed by atoms with E-state index in [9.17, 15) is 13.2 Å². The van der Waals surface area contributed by atoms with Gasteiger partial charge in [0.15, 0.2) is 14.6 Å². The van der Waals surface area contributed by atoms with Gasteiger partial charge in [0, 0.05) is 11.6 Å². The lowest BCUT2D eigenvalue weighted by molar-refractivity contribution is -0.115. The van der Waals surface area contributed by atoms with Crippen molar-refractivity contribution in [3.63, 3.8) is 0 Å². The largest absolute Gasteiger partial charge is 0.497 e. The molecule has 6 nitrogen and oxygen atoms in total. The molecule has 0 saturated carbocycles. The first kappa shape index (κ1) is 20.6. The van der Waals surface area contributed by atoms with E-state index in [0.717, 1.165) is 16.6 Å². The Kier molecular flexibility index (Phi) is 6.22. The molecule has 148 valence electrons. The molecule has 1 amide bonds. The summed E-state index contributed by atoms with van der Waals surface area (Å²) in [5.41, 5.74) is 0.930. The molecule has 3 aromatic rings. The second kappa shape index (κ2) is 8.46. The Hall–Kier alpha value is -2.16. The standard InChI is InChI=1S/C19H19ClN2O4S2/c1-3-10-22-16-9-6-14(26-2)11-17(16)27-19(22)21-18(23)12-28(24,25)15-7-4-13(20)5-8-15/h4-9,11H,3,10,12H2,1-2H3. The van der Waals surface area contributed by atoms with Gasteiger partial charge in [0.1, 0.15) is 11.5 Å². The molecule has 0 unspecified atom stereocenters. The lowest BCUT2D eigenvalue weighted by atomic mass is 10.3. The number of halogens is 1. The minimum absolute atomic E-state index is 0.0444.